The van der Waals surface area contributed by atoms with Crippen molar-refractivity contribution in [1.29, 1.82) is 0 Å². The second kappa shape index (κ2) is 45.7. The summed E-state index contributed by atoms with van der Waals surface area (Å²) in [6, 6.07) is -1.19. The number of rotatable bonds is 48. The van der Waals surface area contributed by atoms with E-state index < -0.39 is 74.2 Å². The molecule has 0 bridgehead atoms. The molecular formula is C56H107NO10. The third-order valence-electron chi connectivity index (χ3n) is 13.7. The highest BCUT2D eigenvalue weighted by atomic mass is 16.7. The normalized spacial score (nSPS) is 20.8. The van der Waals surface area contributed by atoms with Gasteiger partial charge in [0.05, 0.1) is 25.4 Å². The zero-order valence-electron chi connectivity index (χ0n) is 43.1. The number of allylic oxidation sites excluding steroid dienone is 4. The van der Waals surface area contributed by atoms with Crippen molar-refractivity contribution in [3.8, 4) is 0 Å². The minimum Gasteiger partial charge on any atom is -0.394 e. The first-order valence-electron chi connectivity index (χ1n) is 28.2. The number of amides is 1. The van der Waals surface area contributed by atoms with Crippen LogP contribution in [0.1, 0.15) is 258 Å². The summed E-state index contributed by atoms with van der Waals surface area (Å²) in [5, 5.41) is 75.9. The van der Waals surface area contributed by atoms with Gasteiger partial charge in [0.2, 0.25) is 5.91 Å². The van der Waals surface area contributed by atoms with E-state index >= 15 is 0 Å². The van der Waals surface area contributed by atoms with Crippen molar-refractivity contribution in [2.24, 2.45) is 0 Å². The van der Waals surface area contributed by atoms with Crippen LogP contribution in [0.2, 0.25) is 0 Å². The van der Waals surface area contributed by atoms with E-state index in [1.54, 1.807) is 0 Å². The number of carbonyl (C=O) groups excluding carboxylic acids is 1. The SMILES string of the molecule is CCCCCCCCCCCCCCCCCCCCC/C=C/CC/C=C/CCCC(O)C(O)C(COC1OC(CO)C(O)C(O)C1O)NC(=O)C(O)CCCCCCCCCCCCCC. The van der Waals surface area contributed by atoms with Gasteiger partial charge in [-0.3, -0.25) is 4.79 Å². The maximum absolute atomic E-state index is 13.1. The second-order valence-corrected chi connectivity index (χ2v) is 20.0. The summed E-state index contributed by atoms with van der Waals surface area (Å²) in [7, 11) is 0. The first-order valence-corrected chi connectivity index (χ1v) is 28.2. The Kier molecular flexibility index (Phi) is 43.4. The smallest absolute Gasteiger partial charge is 0.249 e. The zero-order chi connectivity index (χ0) is 49.0. The molecule has 1 aliphatic heterocycles. The zero-order valence-corrected chi connectivity index (χ0v) is 43.1. The fraction of sp³-hybridized carbons (Fsp3) is 0.911. The van der Waals surface area contributed by atoms with Crippen LogP contribution in [0.25, 0.3) is 0 Å². The van der Waals surface area contributed by atoms with Crippen LogP contribution in [0.15, 0.2) is 24.3 Å². The molecule has 0 saturated carbocycles. The highest BCUT2D eigenvalue weighted by Crippen LogP contribution is 2.23. The second-order valence-electron chi connectivity index (χ2n) is 20.0. The lowest BCUT2D eigenvalue weighted by atomic mass is 9.98. The molecule has 1 amide bonds. The molecule has 0 aromatic heterocycles. The fourth-order valence-corrected chi connectivity index (χ4v) is 9.11. The molecule has 1 fully saturated rings. The van der Waals surface area contributed by atoms with E-state index in [2.05, 4.69) is 43.5 Å². The van der Waals surface area contributed by atoms with Gasteiger partial charge < -0.3 is 50.5 Å². The Hall–Kier alpha value is -1.41. The molecule has 9 unspecified atom stereocenters. The van der Waals surface area contributed by atoms with Crippen LogP contribution >= 0.6 is 0 Å². The summed E-state index contributed by atoms with van der Waals surface area (Å²) in [5.41, 5.74) is 0. The van der Waals surface area contributed by atoms with Crippen molar-refractivity contribution in [3.05, 3.63) is 24.3 Å². The van der Waals surface area contributed by atoms with Gasteiger partial charge in [-0.05, 0) is 51.4 Å². The third-order valence-corrected chi connectivity index (χ3v) is 13.7. The molecule has 0 spiro atoms. The van der Waals surface area contributed by atoms with E-state index in [-0.39, 0.29) is 12.8 Å². The van der Waals surface area contributed by atoms with Crippen LogP contribution in [-0.4, -0.2) is 110 Å². The van der Waals surface area contributed by atoms with E-state index in [0.717, 1.165) is 38.5 Å². The lowest BCUT2D eigenvalue weighted by Gasteiger charge is -2.40. The van der Waals surface area contributed by atoms with E-state index in [4.69, 9.17) is 9.47 Å². The Morgan fingerprint density at radius 2 is 0.896 bits per heavy atom. The largest absolute Gasteiger partial charge is 0.394 e. The van der Waals surface area contributed by atoms with Crippen molar-refractivity contribution >= 4 is 5.91 Å². The highest BCUT2D eigenvalue weighted by Gasteiger charge is 2.44. The molecule has 11 nitrogen and oxygen atoms in total. The molecule has 9 atom stereocenters. The Morgan fingerprint density at radius 1 is 0.507 bits per heavy atom. The molecule has 0 aromatic carbocycles. The van der Waals surface area contributed by atoms with E-state index in [9.17, 15) is 40.5 Å². The van der Waals surface area contributed by atoms with Gasteiger partial charge in [-0.2, -0.15) is 0 Å². The monoisotopic (exact) mass is 954 g/mol. The summed E-state index contributed by atoms with van der Waals surface area (Å²) < 4.78 is 11.1. The predicted molar refractivity (Wildman–Crippen MR) is 275 cm³/mol. The predicted octanol–water partition coefficient (Wildman–Crippen LogP) is 11.3. The molecule has 1 aliphatic rings. The van der Waals surface area contributed by atoms with Crippen LogP contribution in [0.5, 0.6) is 0 Å². The van der Waals surface area contributed by atoms with Crippen LogP contribution in [0.3, 0.4) is 0 Å². The standard InChI is InChI=1S/C56H107NO10/c1-3-5-7-9-11-13-15-17-18-19-20-21-22-23-24-25-26-27-28-29-30-31-32-34-35-37-39-41-43-48(59)51(61)47(46-66-56-54(64)53(63)52(62)50(45-58)67-56)57-55(65)49(60)44-42-40-38-36-33-16-14-12-10-8-6-4-2/h30-31,35,37,47-54,56,58-64H,3-29,32-34,36,38-46H2,1-2H3,(H,57,65)/b31-30+,37-35+. The number of unbranched alkanes of at least 4 members (excludes halogenated alkanes) is 32. The lowest BCUT2D eigenvalue weighted by Crippen LogP contribution is -2.60. The summed E-state index contributed by atoms with van der Waals surface area (Å²) in [6.45, 7) is 3.44. The Bertz CT molecular complexity index is 1140. The van der Waals surface area contributed by atoms with Crippen molar-refractivity contribution in [3.63, 3.8) is 0 Å². The molecule has 8 N–H and O–H groups in total. The Balaban J connectivity index is 2.30. The molecule has 67 heavy (non-hydrogen) atoms. The van der Waals surface area contributed by atoms with Gasteiger partial charge in [-0.1, -0.05) is 231 Å². The number of aliphatic hydroxyl groups is 7. The van der Waals surface area contributed by atoms with Gasteiger partial charge in [-0.15, -0.1) is 0 Å². The molecule has 396 valence electrons. The minimum atomic E-state index is -1.67. The molecular weight excluding hydrogens is 847 g/mol. The van der Waals surface area contributed by atoms with Crippen molar-refractivity contribution in [2.45, 2.75) is 313 Å². The van der Waals surface area contributed by atoms with Gasteiger partial charge in [0, 0.05) is 0 Å². The van der Waals surface area contributed by atoms with Gasteiger partial charge in [0.1, 0.15) is 36.6 Å². The molecule has 11 heteroatoms. The lowest BCUT2D eigenvalue weighted by molar-refractivity contribution is -0.303. The number of nitrogens with one attached hydrogen (secondary N) is 1. The van der Waals surface area contributed by atoms with E-state index in [1.165, 1.54) is 173 Å². The molecule has 0 aromatic rings. The number of ether oxygens (including phenoxy) is 2. The van der Waals surface area contributed by atoms with Crippen LogP contribution in [-0.2, 0) is 14.3 Å². The number of hydrogen-bond donors (Lipinski definition) is 8. The molecule has 0 aliphatic carbocycles. The van der Waals surface area contributed by atoms with Crippen LogP contribution < -0.4 is 5.32 Å². The third kappa shape index (κ3) is 34.5. The summed E-state index contributed by atoms with van der Waals surface area (Å²) >= 11 is 0. The Morgan fingerprint density at radius 3 is 1.33 bits per heavy atom. The van der Waals surface area contributed by atoms with E-state index in [0.29, 0.717) is 19.3 Å². The summed E-state index contributed by atoms with van der Waals surface area (Å²) in [6.07, 6.45) is 42.5. The van der Waals surface area contributed by atoms with Gasteiger partial charge in [-0.25, -0.2) is 0 Å². The highest BCUT2D eigenvalue weighted by molar-refractivity contribution is 5.80. The van der Waals surface area contributed by atoms with Crippen LogP contribution in [0, 0.1) is 0 Å². The average molecular weight is 954 g/mol. The first kappa shape index (κ1) is 63.6. The van der Waals surface area contributed by atoms with E-state index in [1.807, 2.05) is 0 Å². The quantitative estimate of drug-likeness (QED) is 0.0215. The van der Waals surface area contributed by atoms with Crippen molar-refractivity contribution in [1.82, 2.24) is 5.32 Å². The van der Waals surface area contributed by atoms with Crippen LogP contribution in [0.4, 0.5) is 0 Å². The fourth-order valence-electron chi connectivity index (χ4n) is 9.11. The molecule has 0 radical (unpaired) electrons. The maximum Gasteiger partial charge on any atom is 0.249 e. The topological polar surface area (TPSA) is 189 Å². The van der Waals surface area contributed by atoms with Crippen molar-refractivity contribution in [2.75, 3.05) is 13.2 Å². The van der Waals surface area contributed by atoms with Crippen molar-refractivity contribution < 1.29 is 50.0 Å². The van der Waals surface area contributed by atoms with Gasteiger partial charge in [0.25, 0.3) is 0 Å². The first-order chi connectivity index (χ1) is 32.7. The summed E-state index contributed by atoms with van der Waals surface area (Å²) in [4.78, 5) is 13.1. The summed E-state index contributed by atoms with van der Waals surface area (Å²) in [5.74, 6) is -0.709. The number of carbonyl (C=O) groups is 1. The molecule has 1 rings (SSSR count). The Labute approximate surface area is 410 Å². The minimum absolute atomic E-state index is 0.249. The van der Waals surface area contributed by atoms with Gasteiger partial charge in [0.15, 0.2) is 6.29 Å². The average Bonchev–Trinajstić information content (AvgIpc) is 3.33. The molecule has 1 heterocycles. The number of aliphatic hydroxyl groups excluding tert-OH is 7. The maximum atomic E-state index is 13.1. The molecule has 1 saturated heterocycles. The number of hydrogen-bond acceptors (Lipinski definition) is 10. The van der Waals surface area contributed by atoms with Gasteiger partial charge >= 0.3 is 0 Å².